The lowest BCUT2D eigenvalue weighted by Crippen LogP contribution is -2.46. The topological polar surface area (TPSA) is 139 Å². The summed E-state index contributed by atoms with van der Waals surface area (Å²) in [7, 11) is 0. The molecule has 0 saturated heterocycles. The number of hydrogen-bond donors (Lipinski definition) is 5. The smallest absolute Gasteiger partial charge is 0.408 e. The summed E-state index contributed by atoms with van der Waals surface area (Å²) in [6.07, 6.45) is -0.867. The molecule has 0 spiro atoms. The van der Waals surface area contributed by atoms with Crippen molar-refractivity contribution in [3.05, 3.63) is 59.7 Å². The van der Waals surface area contributed by atoms with Crippen LogP contribution in [0, 0.1) is 0 Å². The van der Waals surface area contributed by atoms with Gasteiger partial charge in [-0.1, -0.05) is 46.5 Å². The standard InChI is InChI=1S/C17H27N3O3.C16H26N2O3.3CH4/c1-11(2)18-15-8-6-14(7-9-15)10-23-17(22)20-13(5)16(21)19-12(3)4;1-12(2)18-15-7-5-14(6-8-15)11-21-16(19)17-9-10-20-13(3)4;;;/h6-9,11-13,18H,10H2,1-5H3,(H,19,21)(H,20,22);5-8,12-13,18H,9-11H2,1-4H3,(H,17,19);3*1H4. The second-order valence-corrected chi connectivity index (χ2v) is 11.5. The molecule has 0 aliphatic rings. The Kier molecular flexibility index (Phi) is 26.4. The monoisotopic (exact) mass is 663 g/mol. The molecule has 5 N–H and O–H groups in total. The van der Waals surface area contributed by atoms with Gasteiger partial charge in [-0.25, -0.2) is 9.59 Å². The molecule has 2 aromatic rings. The largest absolute Gasteiger partial charge is 0.445 e. The molecule has 1 unspecified atom stereocenters. The summed E-state index contributed by atoms with van der Waals surface area (Å²) < 4.78 is 15.6. The van der Waals surface area contributed by atoms with E-state index in [2.05, 4.69) is 54.3 Å². The zero-order valence-electron chi connectivity index (χ0n) is 27.8. The van der Waals surface area contributed by atoms with Crippen LogP contribution in [0.1, 0.15) is 95.7 Å². The number of anilines is 2. The van der Waals surface area contributed by atoms with Crippen LogP contribution in [0.4, 0.5) is 21.0 Å². The Morgan fingerprint density at radius 2 is 1.02 bits per heavy atom. The van der Waals surface area contributed by atoms with Gasteiger partial charge in [-0.15, -0.1) is 0 Å². The fraction of sp³-hybridized carbons (Fsp3) is 0.583. The van der Waals surface area contributed by atoms with Gasteiger partial charge in [0.05, 0.1) is 12.7 Å². The van der Waals surface area contributed by atoms with Crippen molar-refractivity contribution in [2.75, 3.05) is 23.8 Å². The van der Waals surface area contributed by atoms with E-state index in [0.717, 1.165) is 22.5 Å². The number of benzene rings is 2. The van der Waals surface area contributed by atoms with Crippen LogP contribution in [0.3, 0.4) is 0 Å². The molecule has 0 fully saturated rings. The number of carbonyl (C=O) groups excluding carboxylic acids is 3. The van der Waals surface area contributed by atoms with Crippen LogP contribution < -0.4 is 26.6 Å². The van der Waals surface area contributed by atoms with Crippen molar-refractivity contribution in [3.8, 4) is 0 Å². The molecule has 0 heterocycles. The maximum atomic E-state index is 11.7. The lowest BCUT2D eigenvalue weighted by atomic mass is 10.2. The fourth-order valence-corrected chi connectivity index (χ4v) is 3.55. The van der Waals surface area contributed by atoms with E-state index in [0.29, 0.717) is 25.2 Å². The summed E-state index contributed by atoms with van der Waals surface area (Å²) in [5, 5.41) is 14.5. The third-order valence-corrected chi connectivity index (χ3v) is 5.54. The van der Waals surface area contributed by atoms with Gasteiger partial charge in [0, 0.05) is 36.0 Å². The molecule has 0 aliphatic carbocycles. The lowest BCUT2D eigenvalue weighted by Gasteiger charge is -2.16. The Balaban J connectivity index is -0.000000777. The molecule has 2 aromatic carbocycles. The molecule has 0 saturated carbocycles. The van der Waals surface area contributed by atoms with E-state index in [-0.39, 0.29) is 53.5 Å². The zero-order chi connectivity index (χ0) is 33.1. The molecule has 47 heavy (non-hydrogen) atoms. The molecule has 0 aliphatic heterocycles. The predicted molar refractivity (Wildman–Crippen MR) is 196 cm³/mol. The average molecular weight is 664 g/mol. The highest BCUT2D eigenvalue weighted by Crippen LogP contribution is 2.12. The Hall–Kier alpha value is -3.99. The number of ether oxygens (including phenoxy) is 3. The molecule has 3 amide bonds. The van der Waals surface area contributed by atoms with Crippen LogP contribution in [0.25, 0.3) is 0 Å². The van der Waals surface area contributed by atoms with Crippen molar-refractivity contribution in [2.24, 2.45) is 0 Å². The van der Waals surface area contributed by atoms with Gasteiger partial charge >= 0.3 is 12.2 Å². The van der Waals surface area contributed by atoms with Crippen LogP contribution in [0.15, 0.2) is 48.5 Å². The van der Waals surface area contributed by atoms with Gasteiger partial charge in [0.2, 0.25) is 5.91 Å². The van der Waals surface area contributed by atoms with Gasteiger partial charge in [-0.2, -0.15) is 0 Å². The van der Waals surface area contributed by atoms with Crippen LogP contribution >= 0.6 is 0 Å². The molecule has 2 rings (SSSR count). The summed E-state index contributed by atoms with van der Waals surface area (Å²) in [4.78, 5) is 34.9. The summed E-state index contributed by atoms with van der Waals surface area (Å²) in [5.74, 6) is -0.235. The number of alkyl carbamates (subject to hydrolysis) is 2. The first kappa shape index (κ1) is 47.4. The Labute approximate surface area is 285 Å². The minimum atomic E-state index is -0.637. The molecule has 0 bridgehead atoms. The van der Waals surface area contributed by atoms with Gasteiger partial charge in [0.15, 0.2) is 0 Å². The molecule has 11 nitrogen and oxygen atoms in total. The van der Waals surface area contributed by atoms with Crippen LogP contribution in [0.5, 0.6) is 0 Å². The van der Waals surface area contributed by atoms with E-state index in [1.165, 1.54) is 0 Å². The highest BCUT2D eigenvalue weighted by atomic mass is 16.6. The summed E-state index contributed by atoms with van der Waals surface area (Å²) in [6.45, 7) is 18.9. The van der Waals surface area contributed by atoms with Crippen molar-refractivity contribution < 1.29 is 28.6 Å². The van der Waals surface area contributed by atoms with E-state index in [1.54, 1.807) is 6.92 Å². The second-order valence-electron chi connectivity index (χ2n) is 11.5. The number of rotatable bonds is 15. The maximum Gasteiger partial charge on any atom is 0.408 e. The van der Waals surface area contributed by atoms with Crippen molar-refractivity contribution in [3.63, 3.8) is 0 Å². The van der Waals surface area contributed by atoms with Gasteiger partial charge in [-0.05, 0) is 97.7 Å². The van der Waals surface area contributed by atoms with E-state index in [1.807, 2.05) is 76.2 Å². The van der Waals surface area contributed by atoms with Crippen LogP contribution in [0.2, 0.25) is 0 Å². The average Bonchev–Trinajstić information content (AvgIpc) is 2.94. The lowest BCUT2D eigenvalue weighted by molar-refractivity contribution is -0.123. The summed E-state index contributed by atoms with van der Waals surface area (Å²) in [6, 6.07) is 15.7. The van der Waals surface area contributed by atoms with E-state index in [9.17, 15) is 14.4 Å². The zero-order valence-corrected chi connectivity index (χ0v) is 27.8. The summed E-state index contributed by atoms with van der Waals surface area (Å²) in [5.41, 5.74) is 3.92. The molecular weight excluding hydrogens is 598 g/mol. The molecule has 270 valence electrons. The minimum absolute atomic E-state index is 0. The molecule has 0 radical (unpaired) electrons. The van der Waals surface area contributed by atoms with Crippen molar-refractivity contribution >= 4 is 29.5 Å². The predicted octanol–water partition coefficient (Wildman–Crippen LogP) is 7.71. The number of carbonyl (C=O) groups is 3. The van der Waals surface area contributed by atoms with E-state index < -0.39 is 18.2 Å². The Bertz CT molecular complexity index is 1110. The maximum absolute atomic E-state index is 11.7. The second kappa shape index (κ2) is 26.1. The normalized spacial score (nSPS) is 10.7. The third-order valence-electron chi connectivity index (χ3n) is 5.54. The van der Waals surface area contributed by atoms with E-state index in [4.69, 9.17) is 14.2 Å². The van der Waals surface area contributed by atoms with Crippen molar-refractivity contribution in [1.82, 2.24) is 16.0 Å². The SMILES string of the molecule is C.C.C.CC(C)NC(=O)C(C)NC(=O)OCc1ccc(NC(C)C)cc1.CC(C)Nc1ccc(COC(=O)NCCOC(C)C)cc1. The summed E-state index contributed by atoms with van der Waals surface area (Å²) >= 11 is 0. The first-order chi connectivity index (χ1) is 20.7. The van der Waals surface area contributed by atoms with Gasteiger partial charge < -0.3 is 40.8 Å². The highest BCUT2D eigenvalue weighted by molar-refractivity contribution is 5.85. The first-order valence-corrected chi connectivity index (χ1v) is 15.2. The van der Waals surface area contributed by atoms with Gasteiger partial charge in [-0.3, -0.25) is 4.79 Å². The minimum Gasteiger partial charge on any atom is -0.445 e. The van der Waals surface area contributed by atoms with Crippen molar-refractivity contribution in [1.29, 1.82) is 0 Å². The molecule has 0 aromatic heterocycles. The van der Waals surface area contributed by atoms with Crippen molar-refractivity contribution in [2.45, 2.75) is 128 Å². The van der Waals surface area contributed by atoms with Crippen LogP contribution in [-0.2, 0) is 32.2 Å². The number of hydrogen-bond acceptors (Lipinski definition) is 8. The highest BCUT2D eigenvalue weighted by Gasteiger charge is 2.16. The third kappa shape index (κ3) is 23.9. The molecular formula is C36H65N5O6. The number of nitrogens with one attached hydrogen (secondary N) is 5. The number of amides is 3. The Morgan fingerprint density at radius 3 is 1.40 bits per heavy atom. The van der Waals surface area contributed by atoms with E-state index >= 15 is 0 Å². The Morgan fingerprint density at radius 1 is 0.596 bits per heavy atom. The van der Waals surface area contributed by atoms with Gasteiger partial charge in [0.25, 0.3) is 0 Å². The first-order valence-electron chi connectivity index (χ1n) is 15.2. The van der Waals surface area contributed by atoms with Crippen LogP contribution in [-0.4, -0.2) is 61.5 Å². The quantitative estimate of drug-likeness (QED) is 0.122. The molecule has 1 atom stereocenters. The molecule has 11 heteroatoms. The fourth-order valence-electron chi connectivity index (χ4n) is 3.55. The van der Waals surface area contributed by atoms with Gasteiger partial charge in [0.1, 0.15) is 19.3 Å².